The molecule has 0 atom stereocenters. The molecule has 0 spiro atoms. The standard InChI is InChI=1S/C13H12Cl2N2O5S2/c1-23(19,20)12-5-16-11(13(18)17-12)7-24(21,22)6-8-2-9(14)4-10(15)3-8/h2-5H,6-7H2,1H3,(H,17,18). The van der Waals surface area contributed by atoms with Crippen molar-refractivity contribution in [3.05, 3.63) is 56.1 Å². The van der Waals surface area contributed by atoms with Crippen LogP contribution in [0, 0.1) is 0 Å². The summed E-state index contributed by atoms with van der Waals surface area (Å²) in [6.45, 7) is 0. The summed E-state index contributed by atoms with van der Waals surface area (Å²) in [5.41, 5.74) is -0.794. The second kappa shape index (κ2) is 6.83. The SMILES string of the molecule is CS(=O)(=O)c1cnc(CS(=O)(=O)Cc2cc(Cl)cc(Cl)c2)c(=O)[nH]1. The van der Waals surface area contributed by atoms with E-state index >= 15 is 0 Å². The molecule has 1 heterocycles. The van der Waals surface area contributed by atoms with Gasteiger partial charge in [0.2, 0.25) is 0 Å². The molecule has 1 aromatic carbocycles. The lowest BCUT2D eigenvalue weighted by atomic mass is 10.2. The molecule has 7 nitrogen and oxygen atoms in total. The smallest absolute Gasteiger partial charge is 0.271 e. The van der Waals surface area contributed by atoms with Gasteiger partial charge in [0.05, 0.1) is 17.7 Å². The van der Waals surface area contributed by atoms with E-state index in [4.69, 9.17) is 23.2 Å². The Morgan fingerprint density at radius 2 is 1.62 bits per heavy atom. The van der Waals surface area contributed by atoms with Crippen molar-refractivity contribution in [1.82, 2.24) is 9.97 Å². The van der Waals surface area contributed by atoms with Crippen molar-refractivity contribution in [3.63, 3.8) is 0 Å². The van der Waals surface area contributed by atoms with Crippen LogP contribution < -0.4 is 5.56 Å². The molecule has 0 aliphatic carbocycles. The first-order valence-electron chi connectivity index (χ1n) is 6.40. The largest absolute Gasteiger partial charge is 0.310 e. The Bertz CT molecular complexity index is 1030. The number of benzene rings is 1. The fourth-order valence-corrected chi connectivity index (χ4v) is 4.40. The van der Waals surface area contributed by atoms with Crippen LogP contribution >= 0.6 is 23.2 Å². The minimum Gasteiger partial charge on any atom is -0.310 e. The number of hydrogen-bond acceptors (Lipinski definition) is 6. The Labute approximate surface area is 148 Å². The molecule has 0 radical (unpaired) electrons. The number of sulfone groups is 2. The molecule has 11 heteroatoms. The van der Waals surface area contributed by atoms with Crippen molar-refractivity contribution >= 4 is 42.9 Å². The number of aromatic amines is 1. The number of rotatable bonds is 5. The van der Waals surface area contributed by atoms with Gasteiger partial charge in [-0.05, 0) is 23.8 Å². The van der Waals surface area contributed by atoms with E-state index in [0.717, 1.165) is 12.5 Å². The zero-order chi connectivity index (χ0) is 18.1. The van der Waals surface area contributed by atoms with Gasteiger partial charge in [-0.1, -0.05) is 23.2 Å². The van der Waals surface area contributed by atoms with Gasteiger partial charge in [0.25, 0.3) is 5.56 Å². The Morgan fingerprint density at radius 3 is 2.12 bits per heavy atom. The molecule has 0 amide bonds. The molecule has 2 aromatic rings. The Balaban J connectivity index is 2.28. The van der Waals surface area contributed by atoms with Gasteiger partial charge in [0, 0.05) is 16.3 Å². The van der Waals surface area contributed by atoms with Crippen LogP contribution in [0.25, 0.3) is 0 Å². The molecule has 0 saturated carbocycles. The molecule has 0 unspecified atom stereocenters. The lowest BCUT2D eigenvalue weighted by Crippen LogP contribution is -2.22. The van der Waals surface area contributed by atoms with E-state index in [2.05, 4.69) is 9.97 Å². The van der Waals surface area contributed by atoms with Crippen LogP contribution in [-0.4, -0.2) is 33.1 Å². The van der Waals surface area contributed by atoms with Gasteiger partial charge in [0.15, 0.2) is 24.7 Å². The van der Waals surface area contributed by atoms with Gasteiger partial charge in [-0.15, -0.1) is 0 Å². The van der Waals surface area contributed by atoms with Crippen LogP contribution in [0.4, 0.5) is 0 Å². The van der Waals surface area contributed by atoms with E-state index in [-0.39, 0.29) is 16.5 Å². The maximum atomic E-state index is 12.2. The van der Waals surface area contributed by atoms with E-state index in [1.807, 2.05) is 0 Å². The van der Waals surface area contributed by atoms with Crippen LogP contribution in [0.2, 0.25) is 10.0 Å². The third-order valence-corrected chi connectivity index (χ3v) is 5.83. The van der Waals surface area contributed by atoms with E-state index in [1.165, 1.54) is 18.2 Å². The summed E-state index contributed by atoms with van der Waals surface area (Å²) in [4.78, 5) is 17.6. The minimum atomic E-state index is -3.74. The minimum absolute atomic E-state index is 0.293. The van der Waals surface area contributed by atoms with Crippen molar-refractivity contribution in [2.24, 2.45) is 0 Å². The molecule has 1 N–H and O–H groups in total. The quantitative estimate of drug-likeness (QED) is 0.800. The van der Waals surface area contributed by atoms with Gasteiger partial charge >= 0.3 is 0 Å². The number of H-pyrrole nitrogens is 1. The normalized spacial score (nSPS) is 12.3. The molecule has 1 aromatic heterocycles. The predicted molar refractivity (Wildman–Crippen MR) is 90.8 cm³/mol. The molecule has 0 bridgehead atoms. The molecular formula is C13H12Cl2N2O5S2. The Kier molecular flexibility index (Phi) is 5.38. The lowest BCUT2D eigenvalue weighted by molar-refractivity contribution is 0.593. The number of aromatic nitrogens is 2. The van der Waals surface area contributed by atoms with Gasteiger partial charge in [-0.25, -0.2) is 16.8 Å². The molecule has 2 rings (SSSR count). The van der Waals surface area contributed by atoms with E-state index < -0.39 is 31.0 Å². The summed E-state index contributed by atoms with van der Waals surface area (Å²) in [6, 6.07) is 4.38. The molecule has 0 aliphatic heterocycles. The van der Waals surface area contributed by atoms with Crippen LogP contribution in [0.1, 0.15) is 11.3 Å². The highest BCUT2D eigenvalue weighted by Gasteiger charge is 2.19. The summed E-state index contributed by atoms with van der Waals surface area (Å²) < 4.78 is 47.1. The highest BCUT2D eigenvalue weighted by molar-refractivity contribution is 7.90. The third-order valence-electron chi connectivity index (χ3n) is 2.90. The molecule has 24 heavy (non-hydrogen) atoms. The summed E-state index contributed by atoms with van der Waals surface area (Å²) in [6.07, 6.45) is 1.82. The maximum Gasteiger partial charge on any atom is 0.271 e. The van der Waals surface area contributed by atoms with Crippen molar-refractivity contribution < 1.29 is 16.8 Å². The first kappa shape index (κ1) is 18.9. The van der Waals surface area contributed by atoms with Crippen LogP contribution in [0.15, 0.2) is 34.2 Å². The van der Waals surface area contributed by atoms with Gasteiger partial charge in [-0.3, -0.25) is 9.78 Å². The summed E-state index contributed by atoms with van der Waals surface area (Å²) >= 11 is 11.6. The zero-order valence-electron chi connectivity index (χ0n) is 12.3. The molecule has 130 valence electrons. The molecule has 0 aliphatic rings. The Hall–Kier alpha value is -1.42. The highest BCUT2D eigenvalue weighted by Crippen LogP contribution is 2.21. The molecule has 0 saturated heterocycles. The number of halogens is 2. The maximum absolute atomic E-state index is 12.2. The van der Waals surface area contributed by atoms with Crippen molar-refractivity contribution in [2.75, 3.05) is 6.26 Å². The van der Waals surface area contributed by atoms with Gasteiger partial charge in [-0.2, -0.15) is 0 Å². The van der Waals surface area contributed by atoms with E-state index in [1.54, 1.807) is 0 Å². The predicted octanol–water partition coefficient (Wildman–Crippen LogP) is 1.60. The van der Waals surface area contributed by atoms with Crippen LogP contribution in [0.5, 0.6) is 0 Å². The van der Waals surface area contributed by atoms with Crippen LogP contribution in [-0.2, 0) is 31.2 Å². The second-order valence-electron chi connectivity index (χ2n) is 5.11. The second-order valence-corrected chi connectivity index (χ2v) is 10.0. The van der Waals surface area contributed by atoms with Crippen molar-refractivity contribution in [1.29, 1.82) is 0 Å². The Morgan fingerprint density at radius 1 is 1.04 bits per heavy atom. The van der Waals surface area contributed by atoms with Crippen molar-refractivity contribution in [3.8, 4) is 0 Å². The number of hydrogen-bond donors (Lipinski definition) is 1. The van der Waals surface area contributed by atoms with E-state index in [9.17, 15) is 21.6 Å². The summed E-state index contributed by atoms with van der Waals surface area (Å²) in [7, 11) is -7.38. The third kappa shape index (κ3) is 5.04. The fraction of sp³-hybridized carbons (Fsp3) is 0.231. The summed E-state index contributed by atoms with van der Waals surface area (Å²) in [5, 5.41) is 0.206. The first-order chi connectivity index (χ1) is 11.0. The fourth-order valence-electron chi connectivity index (χ4n) is 1.91. The monoisotopic (exact) mass is 410 g/mol. The lowest BCUT2D eigenvalue weighted by Gasteiger charge is -2.06. The first-order valence-corrected chi connectivity index (χ1v) is 10.9. The van der Waals surface area contributed by atoms with Crippen molar-refractivity contribution in [2.45, 2.75) is 16.5 Å². The average Bonchev–Trinajstić information content (AvgIpc) is 2.37. The molecular weight excluding hydrogens is 399 g/mol. The van der Waals surface area contributed by atoms with Gasteiger partial charge < -0.3 is 4.98 Å². The van der Waals surface area contributed by atoms with E-state index in [0.29, 0.717) is 15.6 Å². The highest BCUT2D eigenvalue weighted by atomic mass is 35.5. The topological polar surface area (TPSA) is 114 Å². The number of nitrogens with one attached hydrogen (secondary N) is 1. The molecule has 0 fully saturated rings. The van der Waals surface area contributed by atoms with Crippen LogP contribution in [0.3, 0.4) is 0 Å². The number of nitrogens with zero attached hydrogens (tertiary/aromatic N) is 1. The average molecular weight is 411 g/mol. The summed E-state index contributed by atoms with van der Waals surface area (Å²) in [5.74, 6) is -1.03. The zero-order valence-corrected chi connectivity index (χ0v) is 15.4. The van der Waals surface area contributed by atoms with Gasteiger partial charge in [0.1, 0.15) is 5.69 Å².